The van der Waals surface area contributed by atoms with Gasteiger partial charge in [0.05, 0.1) is 5.52 Å². The molecule has 0 aliphatic heterocycles. The fourth-order valence-corrected chi connectivity index (χ4v) is 3.87. The number of benzene rings is 2. The van der Waals surface area contributed by atoms with Gasteiger partial charge in [-0.3, -0.25) is 4.98 Å². The molecule has 1 unspecified atom stereocenters. The molecule has 2 aromatic carbocycles. The van der Waals surface area contributed by atoms with Gasteiger partial charge in [0.1, 0.15) is 5.82 Å². The highest BCUT2D eigenvalue weighted by Gasteiger charge is 2.09. The van der Waals surface area contributed by atoms with E-state index in [1.807, 2.05) is 24.7 Å². The number of rotatable bonds is 9. The van der Waals surface area contributed by atoms with E-state index in [0.717, 1.165) is 34.4 Å². The summed E-state index contributed by atoms with van der Waals surface area (Å²) in [6, 6.07) is 21.1. The average molecular weight is 449 g/mol. The number of hydrogen-bond donors (Lipinski definition) is 1. The van der Waals surface area contributed by atoms with E-state index in [-0.39, 0.29) is 0 Å². The van der Waals surface area contributed by atoms with E-state index in [0.29, 0.717) is 12.5 Å². The molecule has 4 rings (SSSR count). The minimum atomic E-state index is 0.545. The Morgan fingerprint density at radius 1 is 1.03 bits per heavy atom. The van der Waals surface area contributed by atoms with Gasteiger partial charge in [0.15, 0.2) is 0 Å². The molecule has 0 radical (unpaired) electrons. The molecule has 0 spiro atoms. The van der Waals surface area contributed by atoms with Crippen LogP contribution in [0.25, 0.3) is 22.0 Å². The lowest BCUT2D eigenvalue weighted by molar-refractivity contribution is 0.696. The Labute approximate surface area is 202 Å². The zero-order valence-electron chi connectivity index (χ0n) is 20.2. The van der Waals surface area contributed by atoms with Crippen molar-refractivity contribution >= 4 is 22.4 Å². The lowest BCUT2D eigenvalue weighted by Gasteiger charge is -2.17. The highest BCUT2D eigenvalue weighted by atomic mass is 15.1. The molecular formula is C30H32N4. The summed E-state index contributed by atoms with van der Waals surface area (Å²) in [4.78, 5) is 11.1. The Hall–Kier alpha value is -3.92. The van der Waals surface area contributed by atoms with Crippen molar-refractivity contribution < 1.29 is 0 Å². The molecule has 0 aliphatic rings. The maximum Gasteiger partial charge on any atom is 0.129 e. The smallest absolute Gasteiger partial charge is 0.129 e. The topological polar surface area (TPSA) is 41.0 Å². The fraction of sp³-hybridized carbons (Fsp3) is 0.200. The maximum absolute atomic E-state index is 4.60. The highest BCUT2D eigenvalue weighted by molar-refractivity contribution is 5.85. The molecule has 0 amide bonds. The first-order valence-corrected chi connectivity index (χ1v) is 11.8. The predicted octanol–water partition coefficient (Wildman–Crippen LogP) is 7.73. The molecule has 1 N–H and O–H groups in total. The van der Waals surface area contributed by atoms with Gasteiger partial charge in [0, 0.05) is 42.4 Å². The van der Waals surface area contributed by atoms with E-state index in [2.05, 4.69) is 114 Å². The summed E-state index contributed by atoms with van der Waals surface area (Å²) in [5.41, 5.74) is 6.78. The van der Waals surface area contributed by atoms with E-state index in [4.69, 9.17) is 0 Å². The van der Waals surface area contributed by atoms with Gasteiger partial charge in [-0.05, 0) is 71.5 Å². The van der Waals surface area contributed by atoms with Crippen LogP contribution in [0, 0.1) is 12.8 Å². The Balaban J connectivity index is 1.47. The normalized spacial score (nSPS) is 12.1. The number of allylic oxidation sites excluding steroid dienone is 1. The summed E-state index contributed by atoms with van der Waals surface area (Å²) in [5.74, 6) is 1.45. The average Bonchev–Trinajstić information content (AvgIpc) is 2.88. The zero-order chi connectivity index (χ0) is 23.9. The van der Waals surface area contributed by atoms with Crippen LogP contribution in [0.1, 0.15) is 31.4 Å². The van der Waals surface area contributed by atoms with E-state index < -0.39 is 0 Å². The lowest BCUT2D eigenvalue weighted by atomic mass is 10.00. The number of fused-ring (bicyclic) bond motifs is 1. The van der Waals surface area contributed by atoms with Crippen LogP contribution in [-0.2, 0) is 6.54 Å². The fourth-order valence-electron chi connectivity index (χ4n) is 3.87. The number of nitrogens with one attached hydrogen (secondary N) is 1. The van der Waals surface area contributed by atoms with Crippen LogP contribution in [0.15, 0.2) is 98.1 Å². The minimum Gasteiger partial charge on any atom is -0.366 e. The van der Waals surface area contributed by atoms with Crippen molar-refractivity contribution in [3.63, 3.8) is 0 Å². The maximum atomic E-state index is 4.60. The van der Waals surface area contributed by atoms with Crippen molar-refractivity contribution in [1.82, 2.24) is 9.97 Å². The number of anilines is 2. The summed E-state index contributed by atoms with van der Waals surface area (Å²) in [7, 11) is 0. The third-order valence-corrected chi connectivity index (χ3v) is 6.23. The molecule has 0 bridgehead atoms. The first kappa shape index (κ1) is 23.2. The van der Waals surface area contributed by atoms with E-state index in [9.17, 15) is 0 Å². The van der Waals surface area contributed by atoms with Crippen molar-refractivity contribution in [1.29, 1.82) is 0 Å². The molecule has 0 fully saturated rings. The van der Waals surface area contributed by atoms with Crippen molar-refractivity contribution in [2.75, 3.05) is 10.2 Å². The zero-order valence-corrected chi connectivity index (χ0v) is 20.2. The van der Waals surface area contributed by atoms with E-state index in [1.54, 1.807) is 0 Å². The van der Waals surface area contributed by atoms with Crippen LogP contribution in [-0.4, -0.2) is 9.97 Å². The van der Waals surface area contributed by atoms with Gasteiger partial charge in [-0.2, -0.15) is 0 Å². The molecule has 0 saturated heterocycles. The van der Waals surface area contributed by atoms with Crippen LogP contribution in [0.5, 0.6) is 0 Å². The van der Waals surface area contributed by atoms with Gasteiger partial charge >= 0.3 is 0 Å². The predicted molar refractivity (Wildman–Crippen MR) is 145 cm³/mol. The highest BCUT2D eigenvalue weighted by Crippen LogP contribution is 2.29. The molecule has 0 aliphatic carbocycles. The first-order chi connectivity index (χ1) is 16.6. The second-order valence-corrected chi connectivity index (χ2v) is 8.58. The molecule has 34 heavy (non-hydrogen) atoms. The first-order valence-electron chi connectivity index (χ1n) is 11.8. The third-order valence-electron chi connectivity index (χ3n) is 6.23. The van der Waals surface area contributed by atoms with Gasteiger partial charge in [-0.15, -0.1) is 0 Å². The Morgan fingerprint density at radius 2 is 1.85 bits per heavy atom. The Morgan fingerprint density at radius 3 is 2.62 bits per heavy atom. The second kappa shape index (κ2) is 10.8. The quantitative estimate of drug-likeness (QED) is 0.284. The van der Waals surface area contributed by atoms with Gasteiger partial charge in [0.25, 0.3) is 0 Å². The van der Waals surface area contributed by atoms with Gasteiger partial charge < -0.3 is 10.2 Å². The molecule has 172 valence electrons. The lowest BCUT2D eigenvalue weighted by Crippen LogP contribution is -2.08. The third kappa shape index (κ3) is 5.34. The summed E-state index contributed by atoms with van der Waals surface area (Å²) in [6.45, 7) is 11.2. The number of nitrogens with zero attached hydrogens (tertiary/aromatic N) is 3. The molecule has 0 saturated carbocycles. The number of pyridine rings is 2. The van der Waals surface area contributed by atoms with Gasteiger partial charge in [-0.1, -0.05) is 57.2 Å². The number of aromatic nitrogens is 2. The molecule has 4 nitrogen and oxygen atoms in total. The van der Waals surface area contributed by atoms with Crippen LogP contribution < -0.4 is 10.2 Å². The second-order valence-electron chi connectivity index (χ2n) is 8.58. The molecule has 4 aromatic rings. The molecule has 4 heteroatoms. The van der Waals surface area contributed by atoms with E-state index >= 15 is 0 Å². The van der Waals surface area contributed by atoms with E-state index in [1.165, 1.54) is 16.7 Å². The van der Waals surface area contributed by atoms with Gasteiger partial charge in [-0.25, -0.2) is 4.98 Å². The van der Waals surface area contributed by atoms with Crippen LogP contribution in [0.4, 0.5) is 11.5 Å². The minimum absolute atomic E-state index is 0.545. The van der Waals surface area contributed by atoms with Gasteiger partial charge in [0.2, 0.25) is 0 Å². The Kier molecular flexibility index (Phi) is 7.38. The largest absolute Gasteiger partial charge is 0.366 e. The Bertz CT molecular complexity index is 1290. The molecule has 2 aromatic heterocycles. The molecule has 2 heterocycles. The van der Waals surface area contributed by atoms with Crippen molar-refractivity contribution in [2.45, 2.75) is 33.7 Å². The van der Waals surface area contributed by atoms with Crippen molar-refractivity contribution in [2.24, 2.45) is 5.92 Å². The van der Waals surface area contributed by atoms with Crippen molar-refractivity contribution in [3.05, 3.63) is 109 Å². The van der Waals surface area contributed by atoms with Crippen molar-refractivity contribution in [3.8, 4) is 11.1 Å². The van der Waals surface area contributed by atoms with Crippen LogP contribution in [0.2, 0.25) is 0 Å². The summed E-state index contributed by atoms with van der Waals surface area (Å²) >= 11 is 0. The molecular weight excluding hydrogens is 416 g/mol. The number of hydrogen-bond acceptors (Lipinski definition) is 4. The van der Waals surface area contributed by atoms with Crippen LogP contribution in [0.3, 0.4) is 0 Å². The molecule has 1 atom stereocenters. The standard InChI is InChI=1S/C30H32N4/c1-5-22(3)16-19-34(6-2)27-12-9-24(10-13-27)21-33-30-23(4)28(15-18-32-30)25-11-14-29-26(20-25)8-7-17-31-29/h6-20,22H,2,5,21H2,1,3-4H3,(H,32,33)/b19-16-. The summed E-state index contributed by atoms with van der Waals surface area (Å²) in [5, 5.41) is 4.65. The summed E-state index contributed by atoms with van der Waals surface area (Å²) in [6.07, 6.45) is 11.0. The summed E-state index contributed by atoms with van der Waals surface area (Å²) < 4.78 is 0. The SMILES string of the molecule is C=CN(/C=C\C(C)CC)c1ccc(CNc2nccc(-c3ccc4ncccc4c3)c2C)cc1. The monoisotopic (exact) mass is 448 g/mol. The van der Waals surface area contributed by atoms with Crippen LogP contribution >= 0.6 is 0 Å².